The fourth-order valence-corrected chi connectivity index (χ4v) is 3.37. The number of β-amino-alcohol motifs (C(OH)–C–C–N with tert-alkyl or cyclic N) is 1. The summed E-state index contributed by atoms with van der Waals surface area (Å²) < 4.78 is 10.6. The van der Waals surface area contributed by atoms with Crippen molar-refractivity contribution in [3.63, 3.8) is 0 Å². The monoisotopic (exact) mass is 430 g/mol. The average molecular weight is 430 g/mol. The first kappa shape index (κ1) is 22.4. The topological polar surface area (TPSA) is 137 Å². The zero-order valence-electron chi connectivity index (χ0n) is 17.3. The largest absolute Gasteiger partial charge is 0.508 e. The molecule has 31 heavy (non-hydrogen) atoms. The van der Waals surface area contributed by atoms with Crippen LogP contribution in [-0.4, -0.2) is 52.5 Å². The number of aliphatic hydroxyl groups is 1. The number of fused-ring (bicyclic) bond motifs is 1. The summed E-state index contributed by atoms with van der Waals surface area (Å²) in [4.78, 5) is 22.1. The van der Waals surface area contributed by atoms with Gasteiger partial charge in [0.05, 0.1) is 11.8 Å². The van der Waals surface area contributed by atoms with Crippen LogP contribution in [-0.2, 0) is 16.0 Å². The minimum Gasteiger partial charge on any atom is -0.508 e. The van der Waals surface area contributed by atoms with E-state index in [0.29, 0.717) is 29.2 Å². The SMILES string of the molecule is CC(C)(Cc1ccc(OCC(=O)O)cc1)NCC(O)c1cc(O)cc2c1OCC(=O)N2. The molecule has 1 atom stereocenters. The smallest absolute Gasteiger partial charge is 0.341 e. The standard InChI is InChI=1S/C22H26N2O7/c1-22(2,9-13-3-5-15(6-4-13)30-12-20(28)29)23-10-18(26)16-7-14(25)8-17-21(16)31-11-19(27)24-17/h3-8,18,23,25-26H,9-12H2,1-2H3,(H,24,27)(H,28,29). The summed E-state index contributed by atoms with van der Waals surface area (Å²) in [6.45, 7) is 3.63. The highest BCUT2D eigenvalue weighted by Crippen LogP contribution is 2.38. The van der Waals surface area contributed by atoms with E-state index >= 15 is 0 Å². The molecule has 0 saturated carbocycles. The van der Waals surface area contributed by atoms with E-state index in [2.05, 4.69) is 10.6 Å². The van der Waals surface area contributed by atoms with Gasteiger partial charge in [-0.3, -0.25) is 4.79 Å². The van der Waals surface area contributed by atoms with E-state index in [4.69, 9.17) is 14.6 Å². The maximum Gasteiger partial charge on any atom is 0.341 e. The van der Waals surface area contributed by atoms with E-state index < -0.39 is 18.7 Å². The van der Waals surface area contributed by atoms with Crippen LogP contribution in [0.15, 0.2) is 36.4 Å². The lowest BCUT2D eigenvalue weighted by Gasteiger charge is -2.29. The van der Waals surface area contributed by atoms with Crippen LogP contribution in [0.4, 0.5) is 5.69 Å². The number of ether oxygens (including phenoxy) is 2. The predicted octanol–water partition coefficient (Wildman–Crippen LogP) is 1.83. The van der Waals surface area contributed by atoms with Crippen molar-refractivity contribution in [3.05, 3.63) is 47.5 Å². The number of phenolic OH excluding ortho intramolecular Hbond substituents is 1. The Bertz CT molecular complexity index is 957. The molecular formula is C22H26N2O7. The summed E-state index contributed by atoms with van der Waals surface area (Å²) in [5.74, 6) is -0.608. The van der Waals surface area contributed by atoms with Gasteiger partial charge in [-0.2, -0.15) is 0 Å². The van der Waals surface area contributed by atoms with Crippen molar-refractivity contribution in [1.82, 2.24) is 5.32 Å². The molecule has 2 aromatic carbocycles. The van der Waals surface area contributed by atoms with Crippen molar-refractivity contribution in [1.29, 1.82) is 0 Å². The maximum atomic E-state index is 11.5. The molecule has 1 aliphatic heterocycles. The average Bonchev–Trinajstić information content (AvgIpc) is 2.70. The lowest BCUT2D eigenvalue weighted by atomic mass is 9.94. The summed E-state index contributed by atoms with van der Waals surface area (Å²) in [5, 5.41) is 35.2. The first-order valence-corrected chi connectivity index (χ1v) is 9.79. The number of benzene rings is 2. The minimum absolute atomic E-state index is 0.0805. The summed E-state index contributed by atoms with van der Waals surface area (Å²) >= 11 is 0. The third-order valence-electron chi connectivity index (χ3n) is 4.79. The van der Waals surface area contributed by atoms with E-state index in [0.717, 1.165) is 5.56 Å². The van der Waals surface area contributed by atoms with E-state index in [1.165, 1.54) is 12.1 Å². The normalized spacial score (nSPS) is 14.2. The van der Waals surface area contributed by atoms with Crippen molar-refractivity contribution in [2.24, 2.45) is 0 Å². The van der Waals surface area contributed by atoms with E-state index in [9.17, 15) is 19.8 Å². The lowest BCUT2D eigenvalue weighted by Crippen LogP contribution is -2.43. The van der Waals surface area contributed by atoms with Crippen LogP contribution < -0.4 is 20.1 Å². The quantitative estimate of drug-likeness (QED) is 0.406. The molecule has 0 fully saturated rings. The molecule has 0 spiro atoms. The molecule has 0 radical (unpaired) electrons. The lowest BCUT2D eigenvalue weighted by molar-refractivity contribution is -0.139. The Labute approximate surface area is 179 Å². The molecule has 0 bridgehead atoms. The van der Waals surface area contributed by atoms with Gasteiger partial charge in [0.15, 0.2) is 13.2 Å². The third-order valence-corrected chi connectivity index (χ3v) is 4.79. The van der Waals surface area contributed by atoms with Gasteiger partial charge in [0.2, 0.25) is 0 Å². The molecule has 1 amide bonds. The summed E-state index contributed by atoms with van der Waals surface area (Å²) in [7, 11) is 0. The molecule has 1 aliphatic rings. The number of hydrogen-bond acceptors (Lipinski definition) is 7. The van der Waals surface area contributed by atoms with Crippen LogP contribution in [0, 0.1) is 0 Å². The zero-order valence-corrected chi connectivity index (χ0v) is 17.3. The van der Waals surface area contributed by atoms with Crippen LogP contribution in [0.1, 0.15) is 31.1 Å². The second-order valence-electron chi connectivity index (χ2n) is 8.03. The number of carbonyl (C=O) groups excluding carboxylic acids is 1. The molecule has 0 saturated heterocycles. The second-order valence-corrected chi connectivity index (χ2v) is 8.03. The van der Waals surface area contributed by atoms with E-state index in [-0.39, 0.29) is 30.3 Å². The molecule has 1 unspecified atom stereocenters. The first-order valence-electron chi connectivity index (χ1n) is 9.79. The van der Waals surface area contributed by atoms with Gasteiger partial charge in [-0.25, -0.2) is 4.79 Å². The molecule has 1 heterocycles. The number of hydrogen-bond donors (Lipinski definition) is 5. The number of anilines is 1. The molecule has 3 rings (SSSR count). The maximum absolute atomic E-state index is 11.5. The summed E-state index contributed by atoms with van der Waals surface area (Å²) in [5.41, 5.74) is 1.35. The first-order chi connectivity index (χ1) is 14.6. The number of aliphatic carboxylic acids is 1. The number of amides is 1. The molecule has 166 valence electrons. The molecule has 2 aromatic rings. The highest BCUT2D eigenvalue weighted by atomic mass is 16.5. The summed E-state index contributed by atoms with van der Waals surface area (Å²) in [6.07, 6.45) is -0.328. The van der Waals surface area contributed by atoms with Gasteiger partial charge < -0.3 is 35.4 Å². The molecule has 9 heteroatoms. The number of aliphatic hydroxyl groups excluding tert-OH is 1. The fourth-order valence-electron chi connectivity index (χ4n) is 3.37. The fraction of sp³-hybridized carbons (Fsp3) is 0.364. The molecule has 5 N–H and O–H groups in total. The Balaban J connectivity index is 1.61. The van der Waals surface area contributed by atoms with Crippen LogP contribution in [0.5, 0.6) is 17.2 Å². The van der Waals surface area contributed by atoms with Crippen molar-refractivity contribution < 1.29 is 34.4 Å². The van der Waals surface area contributed by atoms with Gasteiger partial charge in [0.25, 0.3) is 5.91 Å². The Hall–Kier alpha value is -3.30. The van der Waals surface area contributed by atoms with Gasteiger partial charge in [-0.1, -0.05) is 12.1 Å². The number of rotatable bonds is 9. The van der Waals surface area contributed by atoms with Crippen LogP contribution in [0.2, 0.25) is 0 Å². The number of carboxylic acids is 1. The van der Waals surface area contributed by atoms with Crippen LogP contribution >= 0.6 is 0 Å². The number of phenols is 1. The van der Waals surface area contributed by atoms with Gasteiger partial charge in [-0.05, 0) is 44.0 Å². The van der Waals surface area contributed by atoms with Crippen molar-refractivity contribution in [2.75, 3.05) is 25.1 Å². The van der Waals surface area contributed by atoms with Crippen molar-refractivity contribution in [2.45, 2.75) is 31.9 Å². The van der Waals surface area contributed by atoms with Crippen molar-refractivity contribution in [3.8, 4) is 17.2 Å². The van der Waals surface area contributed by atoms with Gasteiger partial charge in [0.1, 0.15) is 17.2 Å². The molecule has 0 aliphatic carbocycles. The van der Waals surface area contributed by atoms with E-state index in [1.807, 2.05) is 26.0 Å². The Morgan fingerprint density at radius 2 is 2.00 bits per heavy atom. The Morgan fingerprint density at radius 3 is 2.68 bits per heavy atom. The van der Waals surface area contributed by atoms with Crippen LogP contribution in [0.25, 0.3) is 0 Å². The highest BCUT2D eigenvalue weighted by Gasteiger charge is 2.26. The number of aromatic hydroxyl groups is 1. The minimum atomic E-state index is -1.03. The third kappa shape index (κ3) is 6.09. The van der Waals surface area contributed by atoms with Gasteiger partial charge in [0, 0.05) is 23.7 Å². The molecule has 9 nitrogen and oxygen atoms in total. The van der Waals surface area contributed by atoms with Crippen LogP contribution in [0.3, 0.4) is 0 Å². The number of nitrogens with one attached hydrogen (secondary N) is 2. The second kappa shape index (κ2) is 9.23. The predicted molar refractivity (Wildman–Crippen MR) is 113 cm³/mol. The van der Waals surface area contributed by atoms with Crippen molar-refractivity contribution >= 4 is 17.6 Å². The summed E-state index contributed by atoms with van der Waals surface area (Å²) in [6, 6.07) is 9.95. The molecule has 0 aromatic heterocycles. The highest BCUT2D eigenvalue weighted by molar-refractivity contribution is 5.96. The zero-order chi connectivity index (χ0) is 22.6. The Kier molecular flexibility index (Phi) is 6.67. The number of carbonyl (C=O) groups is 2. The van der Waals surface area contributed by atoms with E-state index in [1.54, 1.807) is 12.1 Å². The van der Waals surface area contributed by atoms with Gasteiger partial charge in [-0.15, -0.1) is 0 Å². The van der Waals surface area contributed by atoms with Gasteiger partial charge >= 0.3 is 5.97 Å². The number of carboxylic acid groups (broad SMARTS) is 1. The Morgan fingerprint density at radius 1 is 1.29 bits per heavy atom. The molecular weight excluding hydrogens is 404 g/mol.